The van der Waals surface area contributed by atoms with Crippen molar-refractivity contribution in [1.29, 1.82) is 0 Å². The lowest BCUT2D eigenvalue weighted by Crippen LogP contribution is -2.25. The highest BCUT2D eigenvalue weighted by molar-refractivity contribution is 7.07. The van der Waals surface area contributed by atoms with Crippen molar-refractivity contribution in [3.8, 4) is 0 Å². The molecule has 0 radical (unpaired) electrons. The molecule has 1 heterocycles. The minimum Gasteiger partial charge on any atom is -0.388 e. The summed E-state index contributed by atoms with van der Waals surface area (Å²) in [6.07, 6.45) is -0.00227. The van der Waals surface area contributed by atoms with Gasteiger partial charge in [0, 0.05) is 12.1 Å². The van der Waals surface area contributed by atoms with E-state index in [-0.39, 0.29) is 11.3 Å². The van der Waals surface area contributed by atoms with Crippen molar-refractivity contribution in [2.45, 2.75) is 38.7 Å². The Morgan fingerprint density at radius 1 is 1.23 bits per heavy atom. The van der Waals surface area contributed by atoms with Gasteiger partial charge < -0.3 is 10.4 Å². The smallest absolute Gasteiger partial charge is 0.251 e. The van der Waals surface area contributed by atoms with Gasteiger partial charge in [-0.2, -0.15) is 11.3 Å². The topological polar surface area (TPSA) is 49.3 Å². The molecule has 0 aliphatic rings. The maximum Gasteiger partial charge on any atom is 0.251 e. The predicted molar refractivity (Wildman–Crippen MR) is 91.4 cm³/mol. The molecule has 0 saturated carbocycles. The summed E-state index contributed by atoms with van der Waals surface area (Å²) >= 11 is 1.56. The Labute approximate surface area is 136 Å². The van der Waals surface area contributed by atoms with Crippen LogP contribution in [0.15, 0.2) is 41.1 Å². The van der Waals surface area contributed by atoms with Gasteiger partial charge in [0.05, 0.1) is 6.10 Å². The SMILES string of the molecule is CC(C)(C)c1ccc(C(=O)NCC[C@H](O)c2ccsc2)cc1. The van der Waals surface area contributed by atoms with Gasteiger partial charge >= 0.3 is 0 Å². The van der Waals surface area contributed by atoms with Crippen LogP contribution in [0.2, 0.25) is 0 Å². The fraction of sp³-hybridized carbons (Fsp3) is 0.389. The van der Waals surface area contributed by atoms with Crippen LogP contribution in [0.4, 0.5) is 0 Å². The first-order valence-electron chi connectivity index (χ1n) is 7.47. The van der Waals surface area contributed by atoms with Gasteiger partial charge in [-0.3, -0.25) is 4.79 Å². The van der Waals surface area contributed by atoms with Crippen LogP contribution in [0.1, 0.15) is 54.8 Å². The molecule has 3 nitrogen and oxygen atoms in total. The van der Waals surface area contributed by atoms with Crippen molar-refractivity contribution in [2.24, 2.45) is 0 Å². The number of carbonyl (C=O) groups excluding carboxylic acids is 1. The molecule has 22 heavy (non-hydrogen) atoms. The molecule has 2 aromatic rings. The largest absolute Gasteiger partial charge is 0.388 e. The molecular formula is C18H23NO2S. The second kappa shape index (κ2) is 7.07. The molecule has 0 spiro atoms. The minimum absolute atomic E-state index is 0.0830. The van der Waals surface area contributed by atoms with Gasteiger partial charge in [0.25, 0.3) is 5.91 Å². The zero-order valence-electron chi connectivity index (χ0n) is 13.3. The standard InChI is InChI=1S/C18H23NO2S/c1-18(2,3)15-6-4-13(5-7-15)17(21)19-10-8-16(20)14-9-11-22-12-14/h4-7,9,11-12,16,20H,8,10H2,1-3H3,(H,19,21)/t16-/m0/s1. The Balaban J connectivity index is 1.85. The van der Waals surface area contributed by atoms with Crippen molar-refractivity contribution in [3.05, 3.63) is 57.8 Å². The molecule has 0 unspecified atom stereocenters. The molecule has 0 bridgehead atoms. The van der Waals surface area contributed by atoms with Crippen molar-refractivity contribution in [1.82, 2.24) is 5.32 Å². The number of nitrogens with one attached hydrogen (secondary N) is 1. The van der Waals surface area contributed by atoms with Gasteiger partial charge in [-0.1, -0.05) is 32.9 Å². The first kappa shape index (κ1) is 16.7. The number of rotatable bonds is 5. The summed E-state index contributed by atoms with van der Waals surface area (Å²) < 4.78 is 0. The van der Waals surface area contributed by atoms with Crippen LogP contribution < -0.4 is 5.32 Å². The zero-order valence-corrected chi connectivity index (χ0v) is 14.1. The third kappa shape index (κ3) is 4.42. The van der Waals surface area contributed by atoms with Gasteiger partial charge in [-0.05, 0) is 51.9 Å². The monoisotopic (exact) mass is 317 g/mol. The maximum absolute atomic E-state index is 12.1. The molecular weight excluding hydrogens is 294 g/mol. The van der Waals surface area contributed by atoms with E-state index in [2.05, 4.69) is 26.1 Å². The van der Waals surface area contributed by atoms with E-state index in [9.17, 15) is 9.90 Å². The number of aliphatic hydroxyl groups is 1. The number of carbonyl (C=O) groups is 1. The van der Waals surface area contributed by atoms with E-state index < -0.39 is 6.10 Å². The van der Waals surface area contributed by atoms with Crippen molar-refractivity contribution in [3.63, 3.8) is 0 Å². The Kier molecular flexibility index (Phi) is 5.37. The van der Waals surface area contributed by atoms with Gasteiger partial charge in [0.1, 0.15) is 0 Å². The van der Waals surface area contributed by atoms with Crippen molar-refractivity contribution < 1.29 is 9.90 Å². The molecule has 1 atom stereocenters. The Morgan fingerprint density at radius 2 is 1.91 bits per heavy atom. The van der Waals surface area contributed by atoms with Crippen LogP contribution in [0, 0.1) is 0 Å². The number of aliphatic hydroxyl groups excluding tert-OH is 1. The number of thiophene rings is 1. The van der Waals surface area contributed by atoms with E-state index in [0.29, 0.717) is 18.5 Å². The molecule has 0 fully saturated rings. The summed E-state index contributed by atoms with van der Waals surface area (Å²) in [6.45, 7) is 6.90. The minimum atomic E-state index is -0.519. The Hall–Kier alpha value is -1.65. The summed E-state index contributed by atoms with van der Waals surface area (Å²) in [5.41, 5.74) is 2.85. The Morgan fingerprint density at radius 3 is 2.45 bits per heavy atom. The first-order valence-corrected chi connectivity index (χ1v) is 8.41. The molecule has 1 aromatic carbocycles. The van der Waals surface area contributed by atoms with E-state index in [0.717, 1.165) is 5.56 Å². The van der Waals surface area contributed by atoms with Crippen LogP contribution in [0.25, 0.3) is 0 Å². The number of hydrogen-bond donors (Lipinski definition) is 2. The lowest BCUT2D eigenvalue weighted by atomic mass is 9.87. The van der Waals surface area contributed by atoms with Crippen molar-refractivity contribution >= 4 is 17.2 Å². The lowest BCUT2D eigenvalue weighted by molar-refractivity contribution is 0.0942. The van der Waals surface area contributed by atoms with Crippen LogP contribution >= 0.6 is 11.3 Å². The average Bonchev–Trinajstić information content (AvgIpc) is 3.00. The first-order chi connectivity index (χ1) is 10.4. The summed E-state index contributed by atoms with van der Waals surface area (Å²) in [5, 5.41) is 16.7. The number of hydrogen-bond acceptors (Lipinski definition) is 3. The van der Waals surface area contributed by atoms with Gasteiger partial charge in [-0.15, -0.1) is 0 Å². The number of amides is 1. The molecule has 1 amide bonds. The highest BCUT2D eigenvalue weighted by atomic mass is 32.1. The highest BCUT2D eigenvalue weighted by Gasteiger charge is 2.14. The van der Waals surface area contributed by atoms with E-state index in [1.54, 1.807) is 11.3 Å². The second-order valence-corrected chi connectivity index (χ2v) is 7.22. The van der Waals surface area contributed by atoms with Crippen LogP contribution in [0.5, 0.6) is 0 Å². The summed E-state index contributed by atoms with van der Waals surface area (Å²) in [6, 6.07) is 9.60. The highest BCUT2D eigenvalue weighted by Crippen LogP contribution is 2.22. The molecule has 2 rings (SSSR count). The fourth-order valence-electron chi connectivity index (χ4n) is 2.18. The van der Waals surface area contributed by atoms with Crippen LogP contribution in [-0.4, -0.2) is 17.6 Å². The van der Waals surface area contributed by atoms with Gasteiger partial charge in [-0.25, -0.2) is 0 Å². The summed E-state index contributed by atoms with van der Waals surface area (Å²) in [7, 11) is 0. The molecule has 0 aliphatic heterocycles. The Bertz CT molecular complexity index is 597. The molecule has 0 saturated heterocycles. The molecule has 2 N–H and O–H groups in total. The molecule has 4 heteroatoms. The van der Waals surface area contributed by atoms with E-state index >= 15 is 0 Å². The number of benzene rings is 1. The molecule has 118 valence electrons. The second-order valence-electron chi connectivity index (χ2n) is 6.44. The van der Waals surface area contributed by atoms with E-state index in [1.807, 2.05) is 41.1 Å². The van der Waals surface area contributed by atoms with Gasteiger partial charge in [0.2, 0.25) is 0 Å². The zero-order chi connectivity index (χ0) is 16.2. The quantitative estimate of drug-likeness (QED) is 0.878. The predicted octanol–water partition coefficient (Wildman–Crippen LogP) is 3.90. The van der Waals surface area contributed by atoms with Crippen LogP contribution in [0.3, 0.4) is 0 Å². The fourth-order valence-corrected chi connectivity index (χ4v) is 2.88. The third-order valence-corrected chi connectivity index (χ3v) is 4.35. The summed E-state index contributed by atoms with van der Waals surface area (Å²) in [5.74, 6) is -0.0991. The van der Waals surface area contributed by atoms with Crippen molar-refractivity contribution in [2.75, 3.05) is 6.54 Å². The molecule has 1 aromatic heterocycles. The normalized spacial score (nSPS) is 12.9. The van der Waals surface area contributed by atoms with Crippen LogP contribution in [-0.2, 0) is 5.41 Å². The lowest BCUT2D eigenvalue weighted by Gasteiger charge is -2.19. The maximum atomic E-state index is 12.1. The third-order valence-electron chi connectivity index (χ3n) is 3.64. The van der Waals surface area contributed by atoms with E-state index in [1.165, 1.54) is 5.56 Å². The summed E-state index contributed by atoms with van der Waals surface area (Å²) in [4.78, 5) is 12.1. The van der Waals surface area contributed by atoms with Gasteiger partial charge in [0.15, 0.2) is 0 Å². The average molecular weight is 317 g/mol. The van der Waals surface area contributed by atoms with E-state index in [4.69, 9.17) is 0 Å². The molecule has 0 aliphatic carbocycles.